The quantitative estimate of drug-likeness (QED) is 0.346. The lowest BCUT2D eigenvalue weighted by Gasteiger charge is -2.09. The summed E-state index contributed by atoms with van der Waals surface area (Å²) in [6, 6.07) is 10.1. The minimum absolute atomic E-state index is 0.0790. The smallest absolute Gasteiger partial charge is 0.274 e. The van der Waals surface area contributed by atoms with Crippen molar-refractivity contribution in [1.29, 1.82) is 0 Å². The Morgan fingerprint density at radius 2 is 2.05 bits per heavy atom. The summed E-state index contributed by atoms with van der Waals surface area (Å²) in [6.07, 6.45) is 1.53. The molecule has 0 saturated carbocycles. The molecule has 6 nitrogen and oxygen atoms in total. The number of hydrogen-bond donors (Lipinski definition) is 3. The fraction of sp³-hybridized carbons (Fsp3) is 0. The minimum atomic E-state index is -0.379. The zero-order chi connectivity index (χ0) is 14.5. The van der Waals surface area contributed by atoms with Gasteiger partial charge >= 0.3 is 0 Å². The van der Waals surface area contributed by atoms with Gasteiger partial charge in [0.05, 0.1) is 5.69 Å². The third-order valence-corrected chi connectivity index (χ3v) is 2.99. The van der Waals surface area contributed by atoms with Gasteiger partial charge in [-0.2, -0.15) is 0 Å². The SMILES string of the molecule is NC(=NO)c1ccccc1NC(=O)c1ccc(Br)cn1. The number of amides is 1. The second-order valence-electron chi connectivity index (χ2n) is 3.85. The second kappa shape index (κ2) is 6.16. The van der Waals surface area contributed by atoms with Crippen molar-refractivity contribution >= 4 is 33.4 Å². The summed E-state index contributed by atoms with van der Waals surface area (Å²) in [4.78, 5) is 16.1. The first kappa shape index (κ1) is 14.0. The Hall–Kier alpha value is -2.41. The van der Waals surface area contributed by atoms with E-state index in [0.29, 0.717) is 11.3 Å². The summed E-state index contributed by atoms with van der Waals surface area (Å²) in [5, 5.41) is 14.3. The highest BCUT2D eigenvalue weighted by Gasteiger charge is 2.12. The Kier molecular flexibility index (Phi) is 4.31. The molecule has 0 spiro atoms. The number of carbonyl (C=O) groups is 1. The van der Waals surface area contributed by atoms with E-state index in [1.807, 2.05) is 0 Å². The van der Waals surface area contributed by atoms with Crippen LogP contribution in [0.5, 0.6) is 0 Å². The van der Waals surface area contributed by atoms with Gasteiger partial charge in [0, 0.05) is 16.2 Å². The fourth-order valence-electron chi connectivity index (χ4n) is 1.57. The average molecular weight is 335 g/mol. The topological polar surface area (TPSA) is 101 Å². The van der Waals surface area contributed by atoms with Crippen molar-refractivity contribution in [3.63, 3.8) is 0 Å². The molecular weight excluding hydrogens is 324 g/mol. The molecule has 1 aromatic heterocycles. The number of para-hydroxylation sites is 1. The second-order valence-corrected chi connectivity index (χ2v) is 4.76. The van der Waals surface area contributed by atoms with Crippen LogP contribution in [-0.2, 0) is 0 Å². The summed E-state index contributed by atoms with van der Waals surface area (Å²) in [6.45, 7) is 0. The lowest BCUT2D eigenvalue weighted by molar-refractivity contribution is 0.102. The van der Waals surface area contributed by atoms with E-state index in [-0.39, 0.29) is 17.4 Å². The molecule has 7 heteroatoms. The molecule has 1 aromatic carbocycles. The van der Waals surface area contributed by atoms with Crippen molar-refractivity contribution in [3.05, 3.63) is 58.3 Å². The number of nitrogens with two attached hydrogens (primary N) is 1. The first-order chi connectivity index (χ1) is 9.61. The zero-order valence-corrected chi connectivity index (χ0v) is 11.8. The molecule has 0 aliphatic rings. The summed E-state index contributed by atoms with van der Waals surface area (Å²) in [7, 11) is 0. The van der Waals surface area contributed by atoms with Crippen LogP contribution in [0.15, 0.2) is 52.2 Å². The molecule has 0 saturated heterocycles. The number of benzene rings is 1. The largest absolute Gasteiger partial charge is 0.409 e. The maximum Gasteiger partial charge on any atom is 0.274 e. The number of halogens is 1. The summed E-state index contributed by atoms with van der Waals surface area (Å²) in [5.41, 5.74) is 6.70. The first-order valence-electron chi connectivity index (χ1n) is 5.61. The summed E-state index contributed by atoms with van der Waals surface area (Å²) >= 11 is 3.25. The summed E-state index contributed by atoms with van der Waals surface area (Å²) < 4.78 is 0.783. The molecule has 2 aromatic rings. The van der Waals surface area contributed by atoms with Crippen LogP contribution >= 0.6 is 15.9 Å². The number of nitrogens with zero attached hydrogens (tertiary/aromatic N) is 2. The molecule has 102 valence electrons. The van der Waals surface area contributed by atoms with Gasteiger partial charge < -0.3 is 16.3 Å². The number of carbonyl (C=O) groups excluding carboxylic acids is 1. The maximum absolute atomic E-state index is 12.1. The van der Waals surface area contributed by atoms with Gasteiger partial charge in [0.2, 0.25) is 0 Å². The highest BCUT2D eigenvalue weighted by Crippen LogP contribution is 2.16. The van der Waals surface area contributed by atoms with Gasteiger partial charge in [-0.3, -0.25) is 4.79 Å². The van der Waals surface area contributed by atoms with Crippen LogP contribution in [0.1, 0.15) is 16.1 Å². The molecule has 0 fully saturated rings. The van der Waals surface area contributed by atoms with Crippen molar-refractivity contribution in [1.82, 2.24) is 4.98 Å². The van der Waals surface area contributed by atoms with Gasteiger partial charge in [0.1, 0.15) is 5.69 Å². The Labute approximate surface area is 123 Å². The zero-order valence-electron chi connectivity index (χ0n) is 10.2. The molecule has 0 aliphatic carbocycles. The molecule has 1 amide bonds. The lowest BCUT2D eigenvalue weighted by Crippen LogP contribution is -2.19. The molecule has 20 heavy (non-hydrogen) atoms. The number of aromatic nitrogens is 1. The van der Waals surface area contributed by atoms with Gasteiger partial charge in [-0.25, -0.2) is 4.98 Å². The molecule has 1 heterocycles. The Morgan fingerprint density at radius 3 is 2.70 bits per heavy atom. The van der Waals surface area contributed by atoms with Crippen molar-refractivity contribution in [3.8, 4) is 0 Å². The number of oxime groups is 1. The molecule has 2 rings (SSSR count). The molecule has 0 atom stereocenters. The van der Waals surface area contributed by atoms with Crippen molar-refractivity contribution in [2.75, 3.05) is 5.32 Å². The maximum atomic E-state index is 12.1. The van der Waals surface area contributed by atoms with E-state index in [9.17, 15) is 4.79 Å². The highest BCUT2D eigenvalue weighted by molar-refractivity contribution is 9.10. The molecular formula is C13H11BrN4O2. The average Bonchev–Trinajstić information content (AvgIpc) is 2.47. The van der Waals surface area contributed by atoms with E-state index in [1.165, 1.54) is 6.20 Å². The van der Waals surface area contributed by atoms with E-state index in [1.54, 1.807) is 36.4 Å². The highest BCUT2D eigenvalue weighted by atomic mass is 79.9. The van der Waals surface area contributed by atoms with E-state index >= 15 is 0 Å². The Morgan fingerprint density at radius 1 is 1.30 bits per heavy atom. The predicted molar refractivity (Wildman–Crippen MR) is 78.8 cm³/mol. The number of pyridine rings is 1. The number of rotatable bonds is 3. The fourth-order valence-corrected chi connectivity index (χ4v) is 1.80. The van der Waals surface area contributed by atoms with Gasteiger partial charge in [-0.05, 0) is 40.2 Å². The van der Waals surface area contributed by atoms with Crippen LogP contribution in [0.2, 0.25) is 0 Å². The molecule has 0 aliphatic heterocycles. The molecule has 0 unspecified atom stereocenters. The van der Waals surface area contributed by atoms with Crippen LogP contribution in [-0.4, -0.2) is 21.9 Å². The Balaban J connectivity index is 2.26. The monoisotopic (exact) mass is 334 g/mol. The normalized spacial score (nSPS) is 11.2. The van der Waals surface area contributed by atoms with Gasteiger partial charge in [0.15, 0.2) is 5.84 Å². The van der Waals surface area contributed by atoms with Crippen molar-refractivity contribution < 1.29 is 10.0 Å². The van der Waals surface area contributed by atoms with E-state index < -0.39 is 0 Å². The molecule has 4 N–H and O–H groups in total. The van der Waals surface area contributed by atoms with E-state index in [0.717, 1.165) is 4.47 Å². The number of amidine groups is 1. The number of nitrogens with one attached hydrogen (secondary N) is 1. The predicted octanol–water partition coefficient (Wildman–Crippen LogP) is 2.19. The number of anilines is 1. The minimum Gasteiger partial charge on any atom is -0.409 e. The van der Waals surface area contributed by atoms with E-state index in [2.05, 4.69) is 31.4 Å². The lowest BCUT2D eigenvalue weighted by atomic mass is 10.1. The third-order valence-electron chi connectivity index (χ3n) is 2.52. The number of hydrogen-bond acceptors (Lipinski definition) is 4. The van der Waals surface area contributed by atoms with Crippen LogP contribution in [0.3, 0.4) is 0 Å². The van der Waals surface area contributed by atoms with Crippen LogP contribution < -0.4 is 11.1 Å². The van der Waals surface area contributed by atoms with Gasteiger partial charge in [-0.15, -0.1) is 0 Å². The van der Waals surface area contributed by atoms with Gasteiger partial charge in [-0.1, -0.05) is 17.3 Å². The van der Waals surface area contributed by atoms with E-state index in [4.69, 9.17) is 10.9 Å². The van der Waals surface area contributed by atoms with Gasteiger partial charge in [0.25, 0.3) is 5.91 Å². The third kappa shape index (κ3) is 3.12. The van der Waals surface area contributed by atoms with Crippen molar-refractivity contribution in [2.24, 2.45) is 10.9 Å². The summed E-state index contributed by atoms with van der Waals surface area (Å²) in [5.74, 6) is -0.458. The standard InChI is InChI=1S/C13H11BrN4O2/c14-8-5-6-11(16-7-8)13(19)17-10-4-2-1-3-9(10)12(15)18-20/h1-7,20H,(H2,15,18)(H,17,19). The van der Waals surface area contributed by atoms with Crippen molar-refractivity contribution in [2.45, 2.75) is 0 Å². The van der Waals surface area contributed by atoms with Crippen LogP contribution in [0.4, 0.5) is 5.69 Å². The first-order valence-corrected chi connectivity index (χ1v) is 6.41. The Bertz CT molecular complexity index is 656. The molecule has 0 radical (unpaired) electrons. The van der Waals surface area contributed by atoms with Crippen LogP contribution in [0, 0.1) is 0 Å². The van der Waals surface area contributed by atoms with Crippen LogP contribution in [0.25, 0.3) is 0 Å². The molecule has 0 bridgehead atoms.